The lowest BCUT2D eigenvalue weighted by Gasteiger charge is -2.32. The van der Waals surface area contributed by atoms with Crippen molar-refractivity contribution < 1.29 is 9.59 Å². The van der Waals surface area contributed by atoms with Gasteiger partial charge in [-0.3, -0.25) is 9.59 Å². The second-order valence-electron chi connectivity index (χ2n) is 6.75. The number of carbonyl (C=O) groups is 2. The van der Waals surface area contributed by atoms with Gasteiger partial charge in [-0.05, 0) is 32.8 Å². The number of likely N-dealkylation sites (tertiary alicyclic amines) is 1. The zero-order chi connectivity index (χ0) is 18.7. The van der Waals surface area contributed by atoms with Crippen LogP contribution in [-0.2, 0) is 4.79 Å². The maximum Gasteiger partial charge on any atom is 0.255 e. The molecule has 1 unspecified atom stereocenters. The lowest BCUT2D eigenvalue weighted by Crippen LogP contribution is -2.44. The summed E-state index contributed by atoms with van der Waals surface area (Å²) in [7, 11) is 0. The van der Waals surface area contributed by atoms with Crippen molar-refractivity contribution in [3.8, 4) is 0 Å². The molecule has 26 heavy (non-hydrogen) atoms. The fraction of sp³-hybridized carbons (Fsp3) is 0.444. The highest BCUT2D eigenvalue weighted by Crippen LogP contribution is 2.19. The quantitative estimate of drug-likeness (QED) is 0.708. The van der Waals surface area contributed by atoms with Crippen LogP contribution in [0.2, 0.25) is 0 Å². The van der Waals surface area contributed by atoms with Gasteiger partial charge in [0.2, 0.25) is 5.91 Å². The molecule has 0 bridgehead atoms. The Morgan fingerprint density at radius 1 is 1.46 bits per heavy atom. The molecule has 3 rings (SSSR count). The van der Waals surface area contributed by atoms with E-state index in [0.717, 1.165) is 19.4 Å². The molecule has 0 radical (unpaired) electrons. The van der Waals surface area contributed by atoms with Crippen LogP contribution in [0, 0.1) is 0 Å². The van der Waals surface area contributed by atoms with Crippen LogP contribution in [0.3, 0.4) is 0 Å². The monoisotopic (exact) mass is 356 g/mol. The van der Waals surface area contributed by atoms with Crippen LogP contribution in [0.4, 0.5) is 5.82 Å². The normalized spacial score (nSPS) is 17.3. The maximum absolute atomic E-state index is 12.3. The Hall–Kier alpha value is -2.90. The van der Waals surface area contributed by atoms with Gasteiger partial charge in [0.05, 0.1) is 11.8 Å². The summed E-state index contributed by atoms with van der Waals surface area (Å²) in [5.41, 5.74) is 1.57. The summed E-state index contributed by atoms with van der Waals surface area (Å²) in [6.07, 6.45) is 6.45. The predicted molar refractivity (Wildman–Crippen MR) is 99.9 cm³/mol. The van der Waals surface area contributed by atoms with E-state index in [1.807, 2.05) is 13.8 Å². The molecule has 0 saturated carbocycles. The highest BCUT2D eigenvalue weighted by Gasteiger charge is 2.23. The molecular weight excluding hydrogens is 332 g/mol. The fourth-order valence-corrected chi connectivity index (χ4v) is 3.11. The number of nitrogens with zero attached hydrogens (tertiary/aromatic N) is 3. The number of anilines is 1. The van der Waals surface area contributed by atoms with Crippen molar-refractivity contribution in [2.24, 2.45) is 0 Å². The van der Waals surface area contributed by atoms with E-state index in [-0.39, 0.29) is 23.9 Å². The molecule has 1 atom stereocenters. The number of carbonyl (C=O) groups excluding carboxylic acids is 2. The van der Waals surface area contributed by atoms with Crippen LogP contribution in [0.25, 0.3) is 11.2 Å². The summed E-state index contributed by atoms with van der Waals surface area (Å²) in [4.78, 5) is 37.8. The van der Waals surface area contributed by atoms with Crippen LogP contribution in [0.1, 0.15) is 37.0 Å². The topological polar surface area (TPSA) is 103 Å². The number of nitrogens with one attached hydrogen (secondary N) is 3. The molecule has 3 heterocycles. The van der Waals surface area contributed by atoms with Crippen molar-refractivity contribution in [1.29, 1.82) is 0 Å². The Balaban J connectivity index is 1.77. The van der Waals surface area contributed by atoms with Crippen LogP contribution in [-0.4, -0.2) is 56.8 Å². The highest BCUT2D eigenvalue weighted by molar-refractivity contribution is 6.04. The van der Waals surface area contributed by atoms with Crippen molar-refractivity contribution in [1.82, 2.24) is 25.2 Å². The molecule has 3 N–H and O–H groups in total. The minimum Gasteiger partial charge on any atom is -0.364 e. The Labute approximate surface area is 152 Å². The number of piperidine rings is 1. The van der Waals surface area contributed by atoms with E-state index in [0.29, 0.717) is 29.1 Å². The van der Waals surface area contributed by atoms with Gasteiger partial charge < -0.3 is 20.5 Å². The molecule has 2 amide bonds. The van der Waals surface area contributed by atoms with Gasteiger partial charge in [-0.1, -0.05) is 6.58 Å². The lowest BCUT2D eigenvalue weighted by molar-refractivity contribution is -0.127. The van der Waals surface area contributed by atoms with Crippen LogP contribution >= 0.6 is 0 Å². The fourth-order valence-electron chi connectivity index (χ4n) is 3.11. The first kappa shape index (κ1) is 17.9. The number of hydrogen-bond donors (Lipinski definition) is 3. The number of H-pyrrole nitrogens is 1. The first-order valence-electron chi connectivity index (χ1n) is 8.80. The average molecular weight is 356 g/mol. The summed E-state index contributed by atoms with van der Waals surface area (Å²) in [5, 5.41) is 6.19. The molecule has 8 heteroatoms. The summed E-state index contributed by atoms with van der Waals surface area (Å²) in [6, 6.07) is 0.128. The molecule has 1 fully saturated rings. The van der Waals surface area contributed by atoms with Crippen molar-refractivity contribution >= 4 is 28.8 Å². The van der Waals surface area contributed by atoms with E-state index < -0.39 is 0 Å². The average Bonchev–Trinajstić information content (AvgIpc) is 3.04. The third-order valence-electron chi connectivity index (χ3n) is 4.30. The molecule has 8 nitrogen and oxygen atoms in total. The van der Waals surface area contributed by atoms with Crippen molar-refractivity contribution in [3.05, 3.63) is 30.6 Å². The van der Waals surface area contributed by atoms with Gasteiger partial charge >= 0.3 is 0 Å². The van der Waals surface area contributed by atoms with E-state index in [1.54, 1.807) is 17.3 Å². The Kier molecular flexibility index (Phi) is 5.20. The van der Waals surface area contributed by atoms with Gasteiger partial charge in [0.15, 0.2) is 5.65 Å². The largest absolute Gasteiger partial charge is 0.364 e. The lowest BCUT2D eigenvalue weighted by atomic mass is 10.1. The smallest absolute Gasteiger partial charge is 0.255 e. The summed E-state index contributed by atoms with van der Waals surface area (Å²) in [5.74, 6) is 0.350. The molecule has 1 aliphatic heterocycles. The zero-order valence-electron chi connectivity index (χ0n) is 15.1. The van der Waals surface area contributed by atoms with Gasteiger partial charge in [0.1, 0.15) is 11.3 Å². The van der Waals surface area contributed by atoms with Crippen molar-refractivity contribution in [2.75, 3.05) is 18.4 Å². The number of aromatic amines is 1. The van der Waals surface area contributed by atoms with E-state index in [9.17, 15) is 9.59 Å². The molecule has 1 aliphatic rings. The van der Waals surface area contributed by atoms with Crippen LogP contribution < -0.4 is 10.6 Å². The minimum absolute atomic E-state index is 0.0392. The van der Waals surface area contributed by atoms with Crippen LogP contribution in [0.15, 0.2) is 25.0 Å². The SMILES string of the molecule is C=CC(=O)N1CCCC(Nc2cnc3[nH]cc(C(=O)NC(C)C)c3n2)C1. The first-order valence-corrected chi connectivity index (χ1v) is 8.80. The van der Waals surface area contributed by atoms with E-state index in [1.165, 1.54) is 6.08 Å². The molecular formula is C18H24N6O2. The van der Waals surface area contributed by atoms with Crippen LogP contribution in [0.5, 0.6) is 0 Å². The van der Waals surface area contributed by atoms with Gasteiger partial charge in [-0.15, -0.1) is 0 Å². The molecule has 0 aliphatic carbocycles. The molecule has 0 spiro atoms. The Bertz CT molecular complexity index is 828. The third kappa shape index (κ3) is 3.84. The molecule has 138 valence electrons. The summed E-state index contributed by atoms with van der Waals surface area (Å²) in [6.45, 7) is 8.70. The highest BCUT2D eigenvalue weighted by atomic mass is 16.2. The van der Waals surface area contributed by atoms with Gasteiger partial charge in [-0.25, -0.2) is 9.97 Å². The van der Waals surface area contributed by atoms with Gasteiger partial charge in [0, 0.05) is 31.4 Å². The number of rotatable bonds is 5. The number of hydrogen-bond acceptors (Lipinski definition) is 5. The van der Waals surface area contributed by atoms with Crippen molar-refractivity contribution in [3.63, 3.8) is 0 Å². The van der Waals surface area contributed by atoms with Gasteiger partial charge in [-0.2, -0.15) is 0 Å². The number of aromatic nitrogens is 3. The molecule has 0 aromatic carbocycles. The molecule has 1 saturated heterocycles. The van der Waals surface area contributed by atoms with E-state index >= 15 is 0 Å². The third-order valence-corrected chi connectivity index (χ3v) is 4.30. The zero-order valence-corrected chi connectivity index (χ0v) is 15.1. The summed E-state index contributed by atoms with van der Waals surface area (Å²) >= 11 is 0. The second kappa shape index (κ2) is 7.55. The first-order chi connectivity index (χ1) is 12.5. The Morgan fingerprint density at radius 3 is 3.00 bits per heavy atom. The second-order valence-corrected chi connectivity index (χ2v) is 6.75. The Morgan fingerprint density at radius 2 is 2.27 bits per heavy atom. The molecule has 2 aromatic rings. The van der Waals surface area contributed by atoms with Gasteiger partial charge in [0.25, 0.3) is 5.91 Å². The standard InChI is InChI=1S/C18H24N6O2/c1-4-15(25)24-7-5-6-12(10-24)22-14-9-20-17-16(23-14)13(8-19-17)18(26)21-11(2)3/h4,8-9,11-12H,1,5-7,10H2,2-3H3,(H,19,20)(H,21,26)(H,22,23). The van der Waals surface area contributed by atoms with Crippen molar-refractivity contribution in [2.45, 2.75) is 38.8 Å². The number of fused-ring (bicyclic) bond motifs is 1. The minimum atomic E-state index is -0.182. The maximum atomic E-state index is 12.3. The molecule has 2 aromatic heterocycles. The summed E-state index contributed by atoms with van der Waals surface area (Å²) < 4.78 is 0. The van der Waals surface area contributed by atoms with E-state index in [2.05, 4.69) is 32.2 Å². The predicted octanol–water partition coefficient (Wildman–Crippen LogP) is 1.68. The van der Waals surface area contributed by atoms with E-state index in [4.69, 9.17) is 0 Å². The number of amides is 2.